The Hall–Kier alpha value is -2.10. The molecule has 20 heavy (non-hydrogen) atoms. The molecular formula is C16H21N3O. The summed E-state index contributed by atoms with van der Waals surface area (Å²) in [5.41, 5.74) is 2.86. The maximum absolute atomic E-state index is 12.0. The first-order valence-electron chi connectivity index (χ1n) is 6.90. The summed E-state index contributed by atoms with van der Waals surface area (Å²) in [5.74, 6) is 0.0950. The zero-order valence-corrected chi connectivity index (χ0v) is 12.2. The molecule has 0 aliphatic carbocycles. The van der Waals surface area contributed by atoms with E-state index >= 15 is 0 Å². The number of rotatable bonds is 5. The molecule has 4 nitrogen and oxygen atoms in total. The molecule has 0 bridgehead atoms. The molecule has 2 aromatic rings. The number of hydrogen-bond acceptors (Lipinski definition) is 2. The first-order valence-corrected chi connectivity index (χ1v) is 6.90. The molecule has 0 fully saturated rings. The Balaban J connectivity index is 1.96. The third kappa shape index (κ3) is 3.26. The SMILES string of the molecule is CCC(C)(C)C(=O)NCc1ccc(-c2ccn[nH]2)cc1. The van der Waals surface area contributed by atoms with Crippen LogP contribution in [0.2, 0.25) is 0 Å². The van der Waals surface area contributed by atoms with Gasteiger partial charge in [0.1, 0.15) is 0 Å². The molecule has 0 saturated heterocycles. The van der Waals surface area contributed by atoms with Crippen LogP contribution in [0.15, 0.2) is 36.5 Å². The van der Waals surface area contributed by atoms with Crippen LogP contribution < -0.4 is 5.32 Å². The lowest BCUT2D eigenvalue weighted by Crippen LogP contribution is -2.35. The molecule has 0 atom stereocenters. The van der Waals surface area contributed by atoms with Crippen molar-refractivity contribution in [1.29, 1.82) is 0 Å². The summed E-state index contributed by atoms with van der Waals surface area (Å²) in [7, 11) is 0. The number of carbonyl (C=O) groups excluding carboxylic acids is 1. The minimum atomic E-state index is -0.310. The summed E-state index contributed by atoms with van der Waals surface area (Å²) < 4.78 is 0. The maximum atomic E-state index is 12.0. The number of H-pyrrole nitrogens is 1. The third-order valence-corrected chi connectivity index (χ3v) is 3.72. The summed E-state index contributed by atoms with van der Waals surface area (Å²) in [4.78, 5) is 12.0. The van der Waals surface area contributed by atoms with Gasteiger partial charge in [-0.25, -0.2) is 0 Å². The van der Waals surface area contributed by atoms with E-state index in [1.165, 1.54) is 0 Å². The second-order valence-corrected chi connectivity index (χ2v) is 5.59. The lowest BCUT2D eigenvalue weighted by Gasteiger charge is -2.21. The van der Waals surface area contributed by atoms with Crippen molar-refractivity contribution in [1.82, 2.24) is 15.5 Å². The van der Waals surface area contributed by atoms with E-state index in [-0.39, 0.29) is 11.3 Å². The van der Waals surface area contributed by atoms with E-state index in [1.807, 2.05) is 51.1 Å². The number of aromatic amines is 1. The van der Waals surface area contributed by atoms with Crippen LogP contribution in [-0.4, -0.2) is 16.1 Å². The molecule has 2 rings (SSSR count). The highest BCUT2D eigenvalue weighted by molar-refractivity contribution is 5.81. The van der Waals surface area contributed by atoms with Gasteiger partial charge in [0.05, 0.1) is 5.69 Å². The number of hydrogen-bond donors (Lipinski definition) is 2. The molecule has 1 aromatic heterocycles. The number of aromatic nitrogens is 2. The fourth-order valence-electron chi connectivity index (χ4n) is 1.80. The predicted octanol–water partition coefficient (Wildman–Crippen LogP) is 3.13. The van der Waals surface area contributed by atoms with Crippen molar-refractivity contribution in [3.05, 3.63) is 42.1 Å². The summed E-state index contributed by atoms with van der Waals surface area (Å²) in [6.45, 7) is 6.51. The highest BCUT2D eigenvalue weighted by Crippen LogP contribution is 2.20. The van der Waals surface area contributed by atoms with Crippen molar-refractivity contribution < 1.29 is 4.79 Å². The Morgan fingerprint density at radius 1 is 1.25 bits per heavy atom. The summed E-state index contributed by atoms with van der Waals surface area (Å²) in [6, 6.07) is 10.0. The van der Waals surface area contributed by atoms with Crippen molar-refractivity contribution >= 4 is 5.91 Å². The van der Waals surface area contributed by atoms with Crippen LogP contribution in [0.3, 0.4) is 0 Å². The number of nitrogens with one attached hydrogen (secondary N) is 2. The van der Waals surface area contributed by atoms with Crippen LogP contribution in [0.4, 0.5) is 0 Å². The topological polar surface area (TPSA) is 57.8 Å². The van der Waals surface area contributed by atoms with Crippen LogP contribution in [-0.2, 0) is 11.3 Å². The monoisotopic (exact) mass is 271 g/mol. The van der Waals surface area contributed by atoms with Gasteiger partial charge in [0.25, 0.3) is 0 Å². The van der Waals surface area contributed by atoms with Gasteiger partial charge in [-0.05, 0) is 23.6 Å². The quantitative estimate of drug-likeness (QED) is 0.877. The number of amides is 1. The van der Waals surface area contributed by atoms with Gasteiger partial charge in [-0.3, -0.25) is 9.89 Å². The number of benzene rings is 1. The minimum Gasteiger partial charge on any atom is -0.352 e. The van der Waals surface area contributed by atoms with E-state index in [1.54, 1.807) is 6.20 Å². The van der Waals surface area contributed by atoms with Crippen LogP contribution in [0, 0.1) is 5.41 Å². The molecule has 4 heteroatoms. The first kappa shape index (κ1) is 14.3. The minimum absolute atomic E-state index is 0.0950. The highest BCUT2D eigenvalue weighted by atomic mass is 16.2. The second-order valence-electron chi connectivity index (χ2n) is 5.59. The lowest BCUT2D eigenvalue weighted by molar-refractivity contribution is -0.129. The smallest absolute Gasteiger partial charge is 0.225 e. The van der Waals surface area contributed by atoms with Crippen molar-refractivity contribution in [3.8, 4) is 11.3 Å². The standard InChI is InChI=1S/C16H21N3O/c1-4-16(2,3)15(20)17-11-12-5-7-13(8-6-12)14-9-10-18-19-14/h5-10H,4,11H2,1-3H3,(H,17,20)(H,18,19). The van der Waals surface area contributed by atoms with Gasteiger partial charge in [-0.1, -0.05) is 45.0 Å². The van der Waals surface area contributed by atoms with Crippen molar-refractivity contribution in [2.24, 2.45) is 5.41 Å². The van der Waals surface area contributed by atoms with Crippen LogP contribution in [0.5, 0.6) is 0 Å². The molecule has 0 aliphatic heterocycles. The summed E-state index contributed by atoms with van der Waals surface area (Å²) >= 11 is 0. The lowest BCUT2D eigenvalue weighted by atomic mass is 9.89. The van der Waals surface area contributed by atoms with Crippen LogP contribution in [0.25, 0.3) is 11.3 Å². The van der Waals surface area contributed by atoms with Gasteiger partial charge >= 0.3 is 0 Å². The molecule has 1 amide bonds. The molecule has 0 spiro atoms. The van der Waals surface area contributed by atoms with E-state index in [2.05, 4.69) is 15.5 Å². The van der Waals surface area contributed by atoms with Crippen molar-refractivity contribution in [3.63, 3.8) is 0 Å². The highest BCUT2D eigenvalue weighted by Gasteiger charge is 2.24. The van der Waals surface area contributed by atoms with Crippen LogP contribution in [0.1, 0.15) is 32.8 Å². The van der Waals surface area contributed by atoms with E-state index < -0.39 is 0 Å². The molecule has 106 valence electrons. The van der Waals surface area contributed by atoms with Gasteiger partial charge in [-0.15, -0.1) is 0 Å². The summed E-state index contributed by atoms with van der Waals surface area (Å²) in [5, 5.41) is 9.85. The number of nitrogens with zero attached hydrogens (tertiary/aromatic N) is 1. The van der Waals surface area contributed by atoms with Gasteiger partial charge in [-0.2, -0.15) is 5.10 Å². The van der Waals surface area contributed by atoms with E-state index in [4.69, 9.17) is 0 Å². The predicted molar refractivity (Wildman–Crippen MR) is 79.9 cm³/mol. The normalized spacial score (nSPS) is 11.3. The Morgan fingerprint density at radius 2 is 1.95 bits per heavy atom. The largest absolute Gasteiger partial charge is 0.352 e. The van der Waals surface area contributed by atoms with Crippen LogP contribution >= 0.6 is 0 Å². The molecular weight excluding hydrogens is 250 g/mol. The van der Waals surface area contributed by atoms with Gasteiger partial charge < -0.3 is 5.32 Å². The third-order valence-electron chi connectivity index (χ3n) is 3.72. The summed E-state index contributed by atoms with van der Waals surface area (Å²) in [6.07, 6.45) is 2.56. The zero-order valence-electron chi connectivity index (χ0n) is 12.2. The fraction of sp³-hybridized carbons (Fsp3) is 0.375. The molecule has 0 unspecified atom stereocenters. The molecule has 1 aromatic carbocycles. The van der Waals surface area contributed by atoms with Gasteiger partial charge in [0, 0.05) is 18.2 Å². The molecule has 0 saturated carbocycles. The van der Waals surface area contributed by atoms with Crippen molar-refractivity contribution in [2.45, 2.75) is 33.7 Å². The Kier molecular flexibility index (Phi) is 4.23. The van der Waals surface area contributed by atoms with Crippen molar-refractivity contribution in [2.75, 3.05) is 0 Å². The first-order chi connectivity index (χ1) is 9.53. The Morgan fingerprint density at radius 3 is 2.50 bits per heavy atom. The number of carbonyl (C=O) groups is 1. The van der Waals surface area contributed by atoms with Gasteiger partial charge in [0.15, 0.2) is 0 Å². The average molecular weight is 271 g/mol. The second kappa shape index (κ2) is 5.90. The average Bonchev–Trinajstić information content (AvgIpc) is 2.99. The van der Waals surface area contributed by atoms with E-state index in [0.29, 0.717) is 6.54 Å². The zero-order chi connectivity index (χ0) is 14.6. The van der Waals surface area contributed by atoms with E-state index in [0.717, 1.165) is 23.2 Å². The molecule has 1 heterocycles. The van der Waals surface area contributed by atoms with E-state index in [9.17, 15) is 4.79 Å². The fourth-order valence-corrected chi connectivity index (χ4v) is 1.80. The molecule has 2 N–H and O–H groups in total. The molecule has 0 radical (unpaired) electrons. The van der Waals surface area contributed by atoms with Gasteiger partial charge in [0.2, 0.25) is 5.91 Å². The Bertz CT molecular complexity index is 556. The molecule has 0 aliphatic rings. The maximum Gasteiger partial charge on any atom is 0.225 e. The Labute approximate surface area is 119 Å².